The molecule has 2 amide bonds. The summed E-state index contributed by atoms with van der Waals surface area (Å²) < 4.78 is 0. The number of primary amides is 1. The van der Waals surface area contributed by atoms with Gasteiger partial charge in [-0.1, -0.05) is 60.7 Å². The van der Waals surface area contributed by atoms with E-state index in [-0.39, 0.29) is 24.4 Å². The van der Waals surface area contributed by atoms with E-state index in [0.717, 1.165) is 12.2 Å². The van der Waals surface area contributed by atoms with Crippen LogP contribution in [0, 0.1) is 28.2 Å². The summed E-state index contributed by atoms with van der Waals surface area (Å²) in [5.41, 5.74) is 8.89. The monoisotopic (exact) mass is 492 g/mol. The van der Waals surface area contributed by atoms with Crippen molar-refractivity contribution in [2.24, 2.45) is 23.5 Å². The minimum Gasteiger partial charge on any atom is -0.632 e. The van der Waals surface area contributed by atoms with Crippen LogP contribution in [0.3, 0.4) is 0 Å². The summed E-state index contributed by atoms with van der Waals surface area (Å²) in [4.78, 5) is 23.7. The van der Waals surface area contributed by atoms with Crippen molar-refractivity contribution in [3.63, 3.8) is 0 Å². The molecule has 3 fully saturated rings. The summed E-state index contributed by atoms with van der Waals surface area (Å²) >= 11 is 1.93. The summed E-state index contributed by atoms with van der Waals surface area (Å²) in [6, 6.07) is 21.5. The number of rotatable bonds is 4. The van der Waals surface area contributed by atoms with Crippen LogP contribution in [0.2, 0.25) is 0 Å². The summed E-state index contributed by atoms with van der Waals surface area (Å²) in [5.74, 6) is 0.874. The molecule has 2 saturated heterocycles. The molecule has 2 aromatic rings. The molecule has 3 aliphatic heterocycles. The number of β-lactam (4-membered cyclic amide) rings is 1. The van der Waals surface area contributed by atoms with E-state index in [4.69, 9.17) is 5.73 Å². The number of carbonyl (C=O) groups excluding carboxylic acids is 2. The highest BCUT2D eigenvalue weighted by Crippen LogP contribution is 2.65. The zero-order chi connectivity index (χ0) is 24.8. The normalized spacial score (nSPS) is 29.7. The van der Waals surface area contributed by atoms with Crippen molar-refractivity contribution < 1.29 is 14.4 Å². The van der Waals surface area contributed by atoms with Crippen LogP contribution in [0.1, 0.15) is 30.9 Å². The molecular weight excluding hydrogens is 462 g/mol. The van der Waals surface area contributed by atoms with E-state index in [1.165, 1.54) is 16.7 Å². The molecule has 35 heavy (non-hydrogen) atoms. The molecule has 4 aliphatic rings. The molecule has 0 aromatic heterocycles. The molecule has 8 heteroatoms. The van der Waals surface area contributed by atoms with Crippen molar-refractivity contribution >= 4 is 23.6 Å². The fourth-order valence-electron chi connectivity index (χ4n) is 5.82. The number of carbonyl (C=O) groups is 2. The number of quaternary nitrogens is 1. The zero-order valence-electron chi connectivity index (χ0n) is 19.7. The number of fused-ring (bicyclic) bond motifs is 1. The van der Waals surface area contributed by atoms with Gasteiger partial charge in [-0.25, -0.2) is 0 Å². The molecule has 1 aliphatic carbocycles. The Hall–Kier alpha value is -2.65. The molecule has 0 radical (unpaired) electrons. The van der Waals surface area contributed by atoms with Gasteiger partial charge in [-0.05, 0) is 36.0 Å². The highest BCUT2D eigenvalue weighted by Gasteiger charge is 2.67. The van der Waals surface area contributed by atoms with E-state index in [0.29, 0.717) is 23.6 Å². The van der Waals surface area contributed by atoms with Gasteiger partial charge in [0.05, 0.1) is 30.3 Å². The summed E-state index contributed by atoms with van der Waals surface area (Å²) in [6.07, 6.45) is 3.47. The van der Waals surface area contributed by atoms with Crippen molar-refractivity contribution in [1.29, 1.82) is 0 Å². The van der Waals surface area contributed by atoms with Gasteiger partial charge in [0.25, 0.3) is 0 Å². The van der Waals surface area contributed by atoms with E-state index in [1.54, 1.807) is 0 Å². The Balaban J connectivity index is 0.000000214. The maximum Gasteiger partial charge on any atom is 0.233 e. The van der Waals surface area contributed by atoms with Crippen molar-refractivity contribution in [1.82, 2.24) is 4.90 Å². The number of hydroxylamine groups is 4. The Bertz CT molecular complexity index is 1100. The van der Waals surface area contributed by atoms with Crippen LogP contribution < -0.4 is 5.73 Å². The maximum absolute atomic E-state index is 12.8. The molecule has 0 bridgehead atoms. The maximum atomic E-state index is 12.8. The summed E-state index contributed by atoms with van der Waals surface area (Å²) in [5, 5.41) is 21.5. The average molecular weight is 493 g/mol. The molecule has 2 aromatic carbocycles. The minimum absolute atomic E-state index is 0.00566. The lowest BCUT2D eigenvalue weighted by atomic mass is 9.80. The molecule has 3 heterocycles. The second-order valence-corrected chi connectivity index (χ2v) is 11.2. The molecule has 7 nitrogen and oxygen atoms in total. The van der Waals surface area contributed by atoms with Gasteiger partial charge < -0.3 is 25.9 Å². The minimum atomic E-state index is -1.56. The number of hydrogen-bond donors (Lipinski definition) is 1. The summed E-state index contributed by atoms with van der Waals surface area (Å²) in [7, 11) is 0. The Morgan fingerprint density at radius 1 is 1.09 bits per heavy atom. The highest BCUT2D eigenvalue weighted by atomic mass is 32.2. The van der Waals surface area contributed by atoms with E-state index in [2.05, 4.69) is 73.8 Å². The number of amides is 2. The zero-order valence-corrected chi connectivity index (χ0v) is 20.5. The first-order chi connectivity index (χ1) is 16.7. The lowest BCUT2D eigenvalue weighted by molar-refractivity contribution is -0.817. The van der Waals surface area contributed by atoms with Crippen molar-refractivity contribution in [2.75, 3.05) is 18.8 Å². The second-order valence-electron chi connectivity index (χ2n) is 10.1. The van der Waals surface area contributed by atoms with Gasteiger partial charge >= 0.3 is 0 Å². The number of nitrogens with zero attached hydrogens (tertiary/aromatic N) is 2. The highest BCUT2D eigenvalue weighted by molar-refractivity contribution is 8.00. The molecule has 1 saturated carbocycles. The smallest absolute Gasteiger partial charge is 0.233 e. The Morgan fingerprint density at radius 2 is 1.69 bits per heavy atom. The largest absolute Gasteiger partial charge is 0.632 e. The fraction of sp³-hybridized carbons (Fsp3) is 0.407. The third-order valence-electron chi connectivity index (χ3n) is 7.71. The number of benzene rings is 2. The van der Waals surface area contributed by atoms with Crippen LogP contribution in [0.15, 0.2) is 72.4 Å². The van der Waals surface area contributed by atoms with Gasteiger partial charge in [-0.15, -0.1) is 11.8 Å². The molecule has 4 atom stereocenters. The molecule has 0 spiro atoms. The van der Waals surface area contributed by atoms with Crippen molar-refractivity contribution in [2.45, 2.75) is 30.6 Å². The number of hydrogen-bond acceptors (Lipinski definition) is 5. The third kappa shape index (κ3) is 4.40. The van der Waals surface area contributed by atoms with Crippen LogP contribution in [0.5, 0.6) is 0 Å². The number of thioether (sulfide) groups is 1. The first-order valence-electron chi connectivity index (χ1n) is 12.0. The molecule has 2 N–H and O–H groups in total. The molecule has 3 unspecified atom stereocenters. The van der Waals surface area contributed by atoms with Gasteiger partial charge in [0, 0.05) is 23.8 Å². The topological polar surface area (TPSA) is 110 Å². The van der Waals surface area contributed by atoms with E-state index < -0.39 is 16.6 Å². The van der Waals surface area contributed by atoms with Gasteiger partial charge in [0.15, 0.2) is 0 Å². The first kappa shape index (κ1) is 24.1. The van der Waals surface area contributed by atoms with Crippen LogP contribution in [0.25, 0.3) is 0 Å². The van der Waals surface area contributed by atoms with Crippen molar-refractivity contribution in [3.05, 3.63) is 94.0 Å². The van der Waals surface area contributed by atoms with Crippen LogP contribution in [-0.2, 0) is 15.0 Å². The predicted octanol–water partition coefficient (Wildman–Crippen LogP) is 3.73. The van der Waals surface area contributed by atoms with Crippen LogP contribution in [0.4, 0.5) is 0 Å². The Kier molecular flexibility index (Phi) is 6.25. The van der Waals surface area contributed by atoms with Crippen molar-refractivity contribution in [3.8, 4) is 0 Å². The standard InChI is InChI=1S/C22H21NOS.C5H9N2O3/c1-15-13-23-20(24)19(21(23)25-14-15)18-12-22(18,16-8-4-2-5-9-16)17-10-6-3-7-11-17;6-5(8)4-1-2-7(9,10)3-4/h2-11,13,18-19,21H,12,14H2,1H3;4H,1-3H2,(H2,6,8)/q;-1/t18?,19?,21-;/m0./s1. The van der Waals surface area contributed by atoms with E-state index in [1.807, 2.05) is 16.7 Å². The van der Waals surface area contributed by atoms with Gasteiger partial charge in [-0.3, -0.25) is 9.59 Å². The van der Waals surface area contributed by atoms with Crippen LogP contribution in [-0.4, -0.2) is 45.7 Å². The van der Waals surface area contributed by atoms with Gasteiger partial charge in [-0.2, -0.15) is 0 Å². The van der Waals surface area contributed by atoms with E-state index >= 15 is 0 Å². The lowest BCUT2D eigenvalue weighted by Crippen LogP contribution is -2.59. The average Bonchev–Trinajstić information content (AvgIpc) is 3.47. The molecular formula is C27H30N3O4S-. The Morgan fingerprint density at radius 3 is 2.17 bits per heavy atom. The first-order valence-corrected chi connectivity index (χ1v) is 13.1. The third-order valence-corrected chi connectivity index (χ3v) is 9.19. The quantitative estimate of drug-likeness (QED) is 0.397. The van der Waals surface area contributed by atoms with Gasteiger partial charge in [0.1, 0.15) is 0 Å². The molecule has 184 valence electrons. The van der Waals surface area contributed by atoms with Gasteiger partial charge in [0.2, 0.25) is 11.8 Å². The fourth-order valence-corrected chi connectivity index (χ4v) is 7.17. The SMILES string of the molecule is CC1=CN2C(=O)C(C3CC3(c3ccccc3)c3ccccc3)[C@@H]2SC1.NC(=O)C1CC[N+]([O-])([O-])C1. The molecule has 6 rings (SSSR count). The second kappa shape index (κ2) is 9.09. The predicted molar refractivity (Wildman–Crippen MR) is 136 cm³/mol. The number of nitrogens with two attached hydrogens (primary N) is 1. The lowest BCUT2D eigenvalue weighted by Gasteiger charge is -2.48. The van der Waals surface area contributed by atoms with E-state index in [9.17, 15) is 20.0 Å². The Labute approximate surface area is 209 Å². The van der Waals surface area contributed by atoms with Crippen LogP contribution >= 0.6 is 11.8 Å². The summed E-state index contributed by atoms with van der Waals surface area (Å²) in [6.45, 7) is 1.88.